The van der Waals surface area contributed by atoms with E-state index in [0.29, 0.717) is 6.04 Å². The lowest BCUT2D eigenvalue weighted by atomic mass is 9.65. The van der Waals surface area contributed by atoms with Gasteiger partial charge in [-0.1, -0.05) is 103 Å². The summed E-state index contributed by atoms with van der Waals surface area (Å²) in [7, 11) is 0. The van der Waals surface area contributed by atoms with Crippen molar-refractivity contribution in [2.75, 3.05) is 4.90 Å². The van der Waals surface area contributed by atoms with Crippen LogP contribution >= 0.6 is 0 Å². The highest BCUT2D eigenvalue weighted by atomic mass is 15.2. The van der Waals surface area contributed by atoms with Gasteiger partial charge < -0.3 is 4.90 Å². The molecule has 0 saturated heterocycles. The third kappa shape index (κ3) is 5.23. The average molecular weight is 564 g/mol. The monoisotopic (exact) mass is 563 g/mol. The van der Waals surface area contributed by atoms with Gasteiger partial charge in [0, 0.05) is 17.4 Å². The van der Waals surface area contributed by atoms with Crippen LogP contribution in [0.1, 0.15) is 72.2 Å². The van der Waals surface area contributed by atoms with Crippen molar-refractivity contribution in [2.45, 2.75) is 66.3 Å². The van der Waals surface area contributed by atoms with E-state index in [1.54, 1.807) is 6.08 Å². The minimum Gasteiger partial charge on any atom is -0.339 e. The number of aryl methyl sites for hydroxylation is 4. The van der Waals surface area contributed by atoms with Crippen molar-refractivity contribution in [1.29, 1.82) is 0 Å². The Morgan fingerprint density at radius 2 is 1.14 bits per heavy atom. The number of benzene rings is 5. The molecular weight excluding hydrogens is 518 g/mol. The van der Waals surface area contributed by atoms with E-state index in [1.807, 2.05) is 6.92 Å². The van der Waals surface area contributed by atoms with Crippen LogP contribution in [0.3, 0.4) is 0 Å². The number of fused-ring (bicyclic) bond motifs is 3. The summed E-state index contributed by atoms with van der Waals surface area (Å²) >= 11 is 0. The molecule has 43 heavy (non-hydrogen) atoms. The van der Waals surface area contributed by atoms with E-state index < -0.39 is 5.41 Å². The summed E-state index contributed by atoms with van der Waals surface area (Å²) in [6, 6.07) is 41.6. The van der Waals surface area contributed by atoms with Crippen molar-refractivity contribution in [3.8, 4) is 11.1 Å². The van der Waals surface area contributed by atoms with Crippen molar-refractivity contribution in [1.82, 2.24) is 0 Å². The molecule has 0 heterocycles. The summed E-state index contributed by atoms with van der Waals surface area (Å²) in [6.45, 7) is 18.8. The fourth-order valence-electron chi connectivity index (χ4n) is 6.93. The van der Waals surface area contributed by atoms with Crippen molar-refractivity contribution in [2.24, 2.45) is 0 Å². The van der Waals surface area contributed by atoms with Crippen molar-refractivity contribution in [3.63, 3.8) is 0 Å². The first kappa shape index (κ1) is 30.1. The molecule has 6 rings (SSSR count). The fraction of sp³-hybridized carbons (Fsp3) is 0.238. The van der Waals surface area contributed by atoms with E-state index >= 15 is 0 Å². The smallest absolute Gasteiger partial charge is 0.0719 e. The first-order chi connectivity index (χ1) is 20.8. The zero-order valence-electron chi connectivity index (χ0n) is 26.9. The Hall–Kier alpha value is -4.36. The van der Waals surface area contributed by atoms with Gasteiger partial charge in [0.1, 0.15) is 0 Å². The molecular formula is C42H45N. The van der Waals surface area contributed by atoms with Crippen LogP contribution in [-0.4, -0.2) is 6.04 Å². The predicted molar refractivity (Wildman–Crippen MR) is 187 cm³/mol. The molecule has 0 aromatic heterocycles. The first-order valence-electron chi connectivity index (χ1n) is 15.6. The highest BCUT2D eigenvalue weighted by molar-refractivity contribution is 5.89. The second kappa shape index (κ2) is 12.5. The van der Waals surface area contributed by atoms with Crippen LogP contribution in [-0.2, 0) is 11.8 Å². The molecule has 0 atom stereocenters. The Morgan fingerprint density at radius 1 is 0.651 bits per heavy atom. The summed E-state index contributed by atoms with van der Waals surface area (Å²) in [5.41, 5.74) is 15.5. The van der Waals surface area contributed by atoms with Crippen LogP contribution in [0.2, 0.25) is 0 Å². The number of allylic oxidation sites excluding steroid dienone is 1. The largest absolute Gasteiger partial charge is 0.339 e. The van der Waals surface area contributed by atoms with Crippen LogP contribution in [0.4, 0.5) is 11.4 Å². The summed E-state index contributed by atoms with van der Waals surface area (Å²) in [5.74, 6) is 0. The van der Waals surface area contributed by atoms with Gasteiger partial charge in [0.15, 0.2) is 0 Å². The SMILES string of the molecule is C=CC.CCc1ccc(N(c2ccc3c(c2)C(c2ccccc2C)(c2ccccc2C)c2cc(C)ccc2-3)C(C)C)cc1. The minimum absolute atomic E-state index is 0.308. The Kier molecular flexibility index (Phi) is 8.74. The lowest BCUT2D eigenvalue weighted by Crippen LogP contribution is -2.31. The summed E-state index contributed by atoms with van der Waals surface area (Å²) < 4.78 is 0. The van der Waals surface area contributed by atoms with Crippen LogP contribution < -0.4 is 4.90 Å². The van der Waals surface area contributed by atoms with Gasteiger partial charge in [0.05, 0.1) is 5.41 Å². The van der Waals surface area contributed by atoms with Gasteiger partial charge in [-0.05, 0) is 122 Å². The second-order valence-corrected chi connectivity index (χ2v) is 12.1. The molecule has 0 spiro atoms. The Bertz CT molecular complexity index is 1690. The lowest BCUT2D eigenvalue weighted by molar-refractivity contribution is 0.748. The van der Waals surface area contributed by atoms with E-state index in [2.05, 4.69) is 162 Å². The third-order valence-electron chi connectivity index (χ3n) is 8.79. The number of nitrogens with zero attached hydrogens (tertiary/aromatic N) is 1. The van der Waals surface area contributed by atoms with Gasteiger partial charge in [-0.3, -0.25) is 0 Å². The number of anilines is 2. The molecule has 5 aromatic carbocycles. The van der Waals surface area contributed by atoms with Crippen molar-refractivity contribution in [3.05, 3.63) is 166 Å². The van der Waals surface area contributed by atoms with Gasteiger partial charge in [0.25, 0.3) is 0 Å². The van der Waals surface area contributed by atoms with E-state index in [4.69, 9.17) is 0 Å². The maximum Gasteiger partial charge on any atom is 0.0719 e. The predicted octanol–water partition coefficient (Wildman–Crippen LogP) is 11.3. The first-order valence-corrected chi connectivity index (χ1v) is 15.6. The average Bonchev–Trinajstić information content (AvgIpc) is 3.27. The molecule has 1 aliphatic carbocycles. The molecule has 1 aliphatic rings. The summed E-state index contributed by atoms with van der Waals surface area (Å²) in [5, 5.41) is 0. The van der Waals surface area contributed by atoms with Gasteiger partial charge in [-0.25, -0.2) is 0 Å². The second-order valence-electron chi connectivity index (χ2n) is 12.1. The van der Waals surface area contributed by atoms with E-state index in [9.17, 15) is 0 Å². The lowest BCUT2D eigenvalue weighted by Gasteiger charge is -2.37. The van der Waals surface area contributed by atoms with Crippen LogP contribution in [0.5, 0.6) is 0 Å². The Balaban J connectivity index is 0.00000118. The molecule has 218 valence electrons. The third-order valence-corrected chi connectivity index (χ3v) is 8.79. The zero-order valence-corrected chi connectivity index (χ0v) is 26.9. The van der Waals surface area contributed by atoms with E-state index in [-0.39, 0.29) is 0 Å². The molecule has 0 saturated carbocycles. The van der Waals surface area contributed by atoms with Gasteiger partial charge >= 0.3 is 0 Å². The fourth-order valence-corrected chi connectivity index (χ4v) is 6.93. The molecule has 0 radical (unpaired) electrons. The minimum atomic E-state index is -0.405. The molecule has 1 heteroatoms. The summed E-state index contributed by atoms with van der Waals surface area (Å²) in [4.78, 5) is 2.48. The quantitative estimate of drug-likeness (QED) is 0.182. The molecule has 0 amide bonds. The Morgan fingerprint density at radius 3 is 1.65 bits per heavy atom. The maximum absolute atomic E-state index is 3.36. The van der Waals surface area contributed by atoms with Gasteiger partial charge in [-0.2, -0.15) is 0 Å². The molecule has 0 unspecified atom stereocenters. The Labute approximate surface area is 259 Å². The van der Waals surface area contributed by atoms with Crippen LogP contribution in [0.15, 0.2) is 122 Å². The normalized spacial score (nSPS) is 12.7. The molecule has 5 aromatic rings. The topological polar surface area (TPSA) is 3.24 Å². The number of rotatable bonds is 6. The highest BCUT2D eigenvalue weighted by Crippen LogP contribution is 2.58. The standard InChI is InChI=1S/C39H39N.C3H6/c1-7-30-17-19-31(20-18-30)40(26(2)3)32-21-23-34-33-22-16-27(4)24-37(33)39(38(34)25-32,35-14-10-8-12-28(35)5)36-15-11-9-13-29(36)6;1-3-2/h8-26H,7H2,1-6H3;3H,1H2,2H3. The molecule has 0 bridgehead atoms. The van der Waals surface area contributed by atoms with E-state index in [1.165, 1.54) is 67.0 Å². The van der Waals surface area contributed by atoms with Crippen molar-refractivity contribution >= 4 is 11.4 Å². The number of hydrogen-bond acceptors (Lipinski definition) is 1. The molecule has 1 nitrogen and oxygen atoms in total. The van der Waals surface area contributed by atoms with Crippen molar-refractivity contribution < 1.29 is 0 Å². The van der Waals surface area contributed by atoms with Gasteiger partial charge in [-0.15, -0.1) is 6.58 Å². The van der Waals surface area contributed by atoms with Crippen LogP contribution in [0.25, 0.3) is 11.1 Å². The summed E-state index contributed by atoms with van der Waals surface area (Å²) in [6.07, 6.45) is 2.80. The molecule has 0 N–H and O–H groups in total. The van der Waals surface area contributed by atoms with Crippen LogP contribution in [0, 0.1) is 20.8 Å². The zero-order chi connectivity index (χ0) is 30.7. The van der Waals surface area contributed by atoms with Gasteiger partial charge in [0.2, 0.25) is 0 Å². The maximum atomic E-state index is 3.36. The number of hydrogen-bond donors (Lipinski definition) is 0. The molecule has 0 fully saturated rings. The van der Waals surface area contributed by atoms with E-state index in [0.717, 1.165) is 6.42 Å². The molecule has 0 aliphatic heterocycles. The highest BCUT2D eigenvalue weighted by Gasteiger charge is 2.47.